The lowest BCUT2D eigenvalue weighted by atomic mass is 10.2. The third kappa shape index (κ3) is 4.63. The van der Waals surface area contributed by atoms with E-state index in [0.717, 1.165) is 0 Å². The van der Waals surface area contributed by atoms with Crippen LogP contribution in [0.1, 0.15) is 5.56 Å². The molecule has 0 aliphatic heterocycles. The molecule has 0 heterocycles. The first-order valence-electron chi connectivity index (χ1n) is 5.84. The lowest BCUT2D eigenvalue weighted by Gasteiger charge is -2.13. The highest BCUT2D eigenvalue weighted by molar-refractivity contribution is 7.99. The van der Waals surface area contributed by atoms with Gasteiger partial charge in [0.25, 0.3) is 10.0 Å². The molecule has 21 heavy (non-hydrogen) atoms. The zero-order chi connectivity index (χ0) is 16.0. The summed E-state index contributed by atoms with van der Waals surface area (Å²) < 4.78 is 27.2. The molecule has 0 bridgehead atoms. The fourth-order valence-electron chi connectivity index (χ4n) is 1.45. The summed E-state index contributed by atoms with van der Waals surface area (Å²) in [7, 11) is -3.82. The van der Waals surface area contributed by atoms with Gasteiger partial charge in [0.05, 0.1) is 6.54 Å². The van der Waals surface area contributed by atoms with Gasteiger partial charge in [0.2, 0.25) is 5.96 Å². The van der Waals surface area contributed by atoms with Crippen molar-refractivity contribution in [2.75, 3.05) is 12.8 Å². The van der Waals surface area contributed by atoms with Crippen LogP contribution >= 0.6 is 23.4 Å². The van der Waals surface area contributed by atoms with E-state index < -0.39 is 10.0 Å². The molecular formula is C12H17ClN4O2S2. The number of nitrogens with zero attached hydrogens (tertiary/aromatic N) is 1. The van der Waals surface area contributed by atoms with Crippen molar-refractivity contribution in [2.24, 2.45) is 10.8 Å². The maximum Gasteiger partial charge on any atom is 0.265 e. The van der Waals surface area contributed by atoms with Crippen LogP contribution < -0.4 is 16.0 Å². The molecule has 0 atom stereocenters. The van der Waals surface area contributed by atoms with E-state index in [1.165, 1.54) is 23.9 Å². The number of hydrogen-bond acceptors (Lipinski definition) is 5. The average Bonchev–Trinajstić information content (AvgIpc) is 2.45. The number of rotatable bonds is 5. The minimum absolute atomic E-state index is 0.0606. The van der Waals surface area contributed by atoms with Crippen molar-refractivity contribution in [2.45, 2.75) is 16.7 Å². The molecule has 116 valence electrons. The second-order valence-electron chi connectivity index (χ2n) is 3.98. The van der Waals surface area contributed by atoms with Gasteiger partial charge in [-0.15, -0.1) is 18.3 Å². The summed E-state index contributed by atoms with van der Waals surface area (Å²) in [4.78, 5) is 4.57. The van der Waals surface area contributed by atoms with Crippen LogP contribution in [-0.2, 0) is 10.0 Å². The first-order valence-corrected chi connectivity index (χ1v) is 8.93. The van der Waals surface area contributed by atoms with Crippen molar-refractivity contribution in [3.8, 4) is 0 Å². The van der Waals surface area contributed by atoms with E-state index in [-0.39, 0.29) is 17.4 Å². The Morgan fingerprint density at radius 2 is 2.24 bits per heavy atom. The Bertz CT molecular complexity index is 659. The molecule has 1 rings (SSSR count). The third-order valence-electron chi connectivity index (χ3n) is 2.48. The number of halogens is 1. The normalized spacial score (nSPS) is 12.1. The number of guanidine groups is 1. The Labute approximate surface area is 133 Å². The van der Waals surface area contributed by atoms with E-state index in [4.69, 9.17) is 17.4 Å². The van der Waals surface area contributed by atoms with Crippen LogP contribution in [-0.4, -0.2) is 27.2 Å². The van der Waals surface area contributed by atoms with Crippen molar-refractivity contribution >= 4 is 39.3 Å². The molecular weight excluding hydrogens is 332 g/mol. The van der Waals surface area contributed by atoms with Gasteiger partial charge in [-0.1, -0.05) is 17.7 Å². The standard InChI is InChI=1S/C12H17ClN4O2S2/c1-4-5-15-12(16-14)17-21(18,19)11-6-8(2)9(13)7-10(11)20-3/h4,6-7H,1,5,14H2,2-3H3,(H2,15,16,17). The zero-order valence-electron chi connectivity index (χ0n) is 11.7. The smallest absolute Gasteiger partial charge is 0.265 e. The molecule has 0 aliphatic rings. The molecule has 9 heteroatoms. The van der Waals surface area contributed by atoms with Gasteiger partial charge in [-0.05, 0) is 30.9 Å². The van der Waals surface area contributed by atoms with Crippen molar-refractivity contribution in [3.05, 3.63) is 35.4 Å². The number of benzene rings is 1. The minimum atomic E-state index is -3.82. The fourth-order valence-corrected chi connectivity index (χ4v) is 3.90. The number of sulfonamides is 1. The highest BCUT2D eigenvalue weighted by Gasteiger charge is 2.21. The Kier molecular flexibility index (Phi) is 6.53. The van der Waals surface area contributed by atoms with E-state index >= 15 is 0 Å². The number of nitrogens with two attached hydrogens (primary N) is 1. The number of thioether (sulfide) groups is 1. The second kappa shape index (κ2) is 7.69. The summed E-state index contributed by atoms with van der Waals surface area (Å²) in [6.07, 6.45) is 3.29. The SMILES string of the molecule is C=CCN=C(NN)NS(=O)(=O)c1cc(C)c(Cl)cc1SC. The second-order valence-corrected chi connectivity index (χ2v) is 6.89. The molecule has 1 aromatic carbocycles. The number of aryl methyl sites for hydroxylation is 1. The van der Waals surface area contributed by atoms with Crippen LogP contribution in [0.15, 0.2) is 39.6 Å². The first-order chi connectivity index (χ1) is 9.85. The van der Waals surface area contributed by atoms with E-state index in [1.54, 1.807) is 19.2 Å². The predicted octanol–water partition coefficient (Wildman–Crippen LogP) is 1.65. The van der Waals surface area contributed by atoms with Crippen molar-refractivity contribution in [3.63, 3.8) is 0 Å². The maximum absolute atomic E-state index is 12.4. The quantitative estimate of drug-likeness (QED) is 0.188. The Balaban J connectivity index is 3.24. The van der Waals surface area contributed by atoms with Crippen molar-refractivity contribution in [1.29, 1.82) is 0 Å². The van der Waals surface area contributed by atoms with Gasteiger partial charge >= 0.3 is 0 Å². The summed E-state index contributed by atoms with van der Waals surface area (Å²) in [6.45, 7) is 5.47. The number of aliphatic imine (C=N–C) groups is 1. The van der Waals surface area contributed by atoms with Crippen LogP contribution in [0.3, 0.4) is 0 Å². The Hall–Kier alpha value is -1.22. The molecule has 0 radical (unpaired) electrons. The van der Waals surface area contributed by atoms with Crippen LogP contribution in [0, 0.1) is 6.92 Å². The monoisotopic (exact) mass is 348 g/mol. The average molecular weight is 349 g/mol. The first kappa shape index (κ1) is 17.8. The van der Waals surface area contributed by atoms with Crippen molar-refractivity contribution < 1.29 is 8.42 Å². The molecule has 4 N–H and O–H groups in total. The van der Waals surface area contributed by atoms with Gasteiger partial charge < -0.3 is 0 Å². The Morgan fingerprint density at radius 3 is 2.76 bits per heavy atom. The molecule has 0 spiro atoms. The number of hydrogen-bond donors (Lipinski definition) is 3. The largest absolute Gasteiger partial charge is 0.294 e. The van der Waals surface area contributed by atoms with Crippen molar-refractivity contribution in [1.82, 2.24) is 10.1 Å². The summed E-state index contributed by atoms with van der Waals surface area (Å²) in [6, 6.07) is 3.13. The predicted molar refractivity (Wildman–Crippen MR) is 88.1 cm³/mol. The topological polar surface area (TPSA) is 96.6 Å². The molecule has 0 amide bonds. The van der Waals surface area contributed by atoms with E-state index in [9.17, 15) is 8.42 Å². The maximum atomic E-state index is 12.4. The van der Waals surface area contributed by atoms with Gasteiger partial charge in [-0.25, -0.2) is 24.0 Å². The van der Waals surface area contributed by atoms with Gasteiger partial charge in [0.15, 0.2) is 0 Å². The highest BCUT2D eigenvalue weighted by Crippen LogP contribution is 2.30. The molecule has 0 unspecified atom stereocenters. The number of nitrogens with one attached hydrogen (secondary N) is 2. The summed E-state index contributed by atoms with van der Waals surface area (Å²) in [5.74, 6) is 5.19. The lowest BCUT2D eigenvalue weighted by Crippen LogP contribution is -2.44. The molecule has 6 nitrogen and oxygen atoms in total. The Morgan fingerprint density at radius 1 is 1.57 bits per heavy atom. The van der Waals surface area contributed by atoms with Crippen LogP contribution in [0.2, 0.25) is 5.02 Å². The third-order valence-corrected chi connectivity index (χ3v) is 5.17. The molecule has 0 aromatic heterocycles. The minimum Gasteiger partial charge on any atom is -0.294 e. The molecule has 1 aromatic rings. The van der Waals surface area contributed by atoms with E-state index in [0.29, 0.717) is 15.5 Å². The summed E-state index contributed by atoms with van der Waals surface area (Å²) in [5.41, 5.74) is 2.87. The zero-order valence-corrected chi connectivity index (χ0v) is 14.1. The van der Waals surface area contributed by atoms with Gasteiger partial charge in [-0.2, -0.15) is 0 Å². The van der Waals surface area contributed by atoms with Gasteiger partial charge in [0.1, 0.15) is 4.90 Å². The molecule has 0 saturated heterocycles. The van der Waals surface area contributed by atoms with Crippen LogP contribution in [0.25, 0.3) is 0 Å². The fraction of sp³-hybridized carbons (Fsp3) is 0.250. The van der Waals surface area contributed by atoms with Crippen LogP contribution in [0.4, 0.5) is 0 Å². The van der Waals surface area contributed by atoms with E-state index in [2.05, 4.69) is 21.7 Å². The van der Waals surface area contributed by atoms with Gasteiger partial charge in [-0.3, -0.25) is 5.43 Å². The molecule has 0 aliphatic carbocycles. The van der Waals surface area contributed by atoms with Gasteiger partial charge in [0, 0.05) is 9.92 Å². The van der Waals surface area contributed by atoms with E-state index in [1.807, 2.05) is 0 Å². The molecule has 0 fully saturated rings. The lowest BCUT2D eigenvalue weighted by molar-refractivity contribution is 0.589. The summed E-state index contributed by atoms with van der Waals surface area (Å²) >= 11 is 7.31. The summed E-state index contributed by atoms with van der Waals surface area (Å²) in [5, 5.41) is 0.510. The number of hydrazine groups is 1. The highest BCUT2D eigenvalue weighted by atomic mass is 35.5. The molecule has 0 saturated carbocycles. The van der Waals surface area contributed by atoms with Crippen LogP contribution in [0.5, 0.6) is 0 Å².